The Bertz CT molecular complexity index is 194. The summed E-state index contributed by atoms with van der Waals surface area (Å²) in [7, 11) is -2.73. The number of hydrogen-bond acceptors (Lipinski definition) is 4. The maximum atomic E-state index is 6.05. The van der Waals surface area contributed by atoms with Gasteiger partial charge in [-0.3, -0.25) is 0 Å². The zero-order valence-electron chi connectivity index (χ0n) is 11.5. The summed E-state index contributed by atoms with van der Waals surface area (Å²) in [6.45, 7) is 8.72. The zero-order valence-corrected chi connectivity index (χ0v) is 18.9. The quantitative estimate of drug-likeness (QED) is 0.503. The third-order valence-electron chi connectivity index (χ3n) is 2.43. The Labute approximate surface area is 110 Å². The largest absolute Gasteiger partial charge is 0.449 e. The Morgan fingerprint density at radius 1 is 1.19 bits per heavy atom. The van der Waals surface area contributed by atoms with Crippen molar-refractivity contribution in [3.05, 3.63) is 0 Å². The predicted octanol–water partition coefficient (Wildman–Crippen LogP) is -1.16. The smallest absolute Gasteiger partial charge is 0.323 e. The van der Waals surface area contributed by atoms with E-state index in [0.29, 0.717) is 0 Å². The highest BCUT2D eigenvalue weighted by Crippen LogP contribution is 2.16. The van der Waals surface area contributed by atoms with Crippen LogP contribution >= 0.6 is 0 Å². The molecule has 0 N–H and O–H groups in total. The lowest BCUT2D eigenvalue weighted by atomic mass is 10.6. The first-order valence-corrected chi connectivity index (χ1v) is 14.1. The van der Waals surface area contributed by atoms with Crippen LogP contribution in [-0.2, 0) is 16.8 Å². The molecule has 0 aliphatic heterocycles. The predicted molar refractivity (Wildman–Crippen MR) is 81.8 cm³/mol. The summed E-state index contributed by atoms with van der Waals surface area (Å²) >= 11 is 0. The second kappa shape index (κ2) is 8.10. The van der Waals surface area contributed by atoms with Gasteiger partial charge in [0.05, 0.1) is 6.23 Å². The first-order valence-electron chi connectivity index (χ1n) is 5.71. The average Bonchev–Trinajstić information content (AvgIpc) is 2.25. The molecule has 0 aliphatic rings. The maximum Gasteiger partial charge on any atom is 0.323 e. The molecule has 98 valence electrons. The van der Waals surface area contributed by atoms with Gasteiger partial charge in [0, 0.05) is 0 Å². The Morgan fingerprint density at radius 3 is 2.25 bits per heavy atom. The average molecular weight is 315 g/mol. The minimum Gasteiger partial charge on any atom is -0.449 e. The summed E-state index contributed by atoms with van der Waals surface area (Å²) in [6, 6.07) is 1.08. The van der Waals surface area contributed by atoms with E-state index in [0.717, 1.165) is 39.7 Å². The molecule has 16 heavy (non-hydrogen) atoms. The Hall–Kier alpha value is 0.924. The molecule has 9 heteroatoms. The van der Waals surface area contributed by atoms with Crippen LogP contribution in [0.15, 0.2) is 0 Å². The monoisotopic (exact) mass is 314 g/mol. The molecule has 0 aromatic heterocycles. The lowest BCUT2D eigenvalue weighted by Gasteiger charge is -2.30. The van der Waals surface area contributed by atoms with E-state index in [1.54, 1.807) is 0 Å². The molecule has 1 atom stereocenters. The van der Waals surface area contributed by atoms with Crippen LogP contribution in [0.2, 0.25) is 25.7 Å². The topological polar surface area (TPSA) is 36.9 Å². The highest BCUT2D eigenvalue weighted by Gasteiger charge is 2.32. The molecule has 4 nitrogen and oxygen atoms in total. The zero-order chi connectivity index (χ0) is 12.7. The van der Waals surface area contributed by atoms with E-state index in [2.05, 4.69) is 26.6 Å². The van der Waals surface area contributed by atoms with Crippen LogP contribution < -0.4 is 0 Å². The van der Waals surface area contributed by atoms with Crippen molar-refractivity contribution in [1.29, 1.82) is 0 Å². The number of hydrogen-bond donors (Lipinski definition) is 0. The van der Waals surface area contributed by atoms with Crippen LogP contribution in [0.1, 0.15) is 13.3 Å². The lowest BCUT2D eigenvalue weighted by Crippen LogP contribution is -2.46. The molecule has 0 rings (SSSR count). The molecule has 0 aromatic rings. The van der Waals surface area contributed by atoms with Crippen molar-refractivity contribution >= 4 is 47.9 Å². The first-order chi connectivity index (χ1) is 7.39. The van der Waals surface area contributed by atoms with Crippen LogP contribution in [0.25, 0.3) is 0 Å². The second-order valence-electron chi connectivity index (χ2n) is 4.69. The van der Waals surface area contributed by atoms with Crippen LogP contribution in [0.4, 0.5) is 0 Å². The van der Waals surface area contributed by atoms with Crippen molar-refractivity contribution in [2.24, 2.45) is 0 Å². The Kier molecular flexibility index (Phi) is 8.57. The SMILES string of the molecule is CCC[Si](C)(O[SiH3])OC[Si](C)(C)O[SiH2]O[SiH3]. The van der Waals surface area contributed by atoms with Gasteiger partial charge < -0.3 is 16.8 Å². The summed E-state index contributed by atoms with van der Waals surface area (Å²) in [4.78, 5) is 0. The third kappa shape index (κ3) is 7.29. The van der Waals surface area contributed by atoms with Gasteiger partial charge >= 0.3 is 8.56 Å². The van der Waals surface area contributed by atoms with E-state index in [9.17, 15) is 0 Å². The van der Waals surface area contributed by atoms with Gasteiger partial charge in [-0.05, 0) is 25.7 Å². The van der Waals surface area contributed by atoms with Gasteiger partial charge in [-0.15, -0.1) is 0 Å². The van der Waals surface area contributed by atoms with E-state index in [1.807, 2.05) is 0 Å². The molecule has 0 heterocycles. The van der Waals surface area contributed by atoms with Gasteiger partial charge in [0.2, 0.25) is 0 Å². The molecule has 0 amide bonds. The molecular formula is C7H26O4Si5. The van der Waals surface area contributed by atoms with E-state index in [1.165, 1.54) is 0 Å². The molecule has 0 aliphatic carbocycles. The van der Waals surface area contributed by atoms with Crippen molar-refractivity contribution in [2.75, 3.05) is 6.23 Å². The molecule has 0 radical (unpaired) electrons. The van der Waals surface area contributed by atoms with Gasteiger partial charge in [0.15, 0.2) is 8.32 Å². The standard InChI is InChI=1S/C7H26O4Si5/c1-5-6-16(4,10-13)8-7-15(2,3)11-14-9-12/h5-7,14H2,1-4,12-13H3. The molecule has 0 fully saturated rings. The van der Waals surface area contributed by atoms with Gasteiger partial charge in [0.25, 0.3) is 10.0 Å². The fourth-order valence-electron chi connectivity index (χ4n) is 1.27. The molecule has 0 spiro atoms. The van der Waals surface area contributed by atoms with E-state index < -0.39 is 26.9 Å². The Morgan fingerprint density at radius 2 is 1.81 bits per heavy atom. The first kappa shape index (κ1) is 16.9. The van der Waals surface area contributed by atoms with Gasteiger partial charge in [-0.25, -0.2) is 0 Å². The highest BCUT2D eigenvalue weighted by atomic mass is 28.4. The van der Waals surface area contributed by atoms with Crippen LogP contribution in [0.3, 0.4) is 0 Å². The fourth-order valence-corrected chi connectivity index (χ4v) is 9.37. The molecule has 1 unspecified atom stereocenters. The van der Waals surface area contributed by atoms with E-state index in [4.69, 9.17) is 16.8 Å². The van der Waals surface area contributed by atoms with Gasteiger partial charge in [0.1, 0.15) is 21.0 Å². The molecule has 0 saturated heterocycles. The fraction of sp³-hybridized carbons (Fsp3) is 1.00. The van der Waals surface area contributed by atoms with Gasteiger partial charge in [-0.2, -0.15) is 0 Å². The minimum atomic E-state index is -1.87. The summed E-state index contributed by atoms with van der Waals surface area (Å²) in [5.41, 5.74) is 0. The summed E-state index contributed by atoms with van der Waals surface area (Å²) in [6.07, 6.45) is 1.88. The summed E-state index contributed by atoms with van der Waals surface area (Å²) in [5.74, 6) is 0. The van der Waals surface area contributed by atoms with Crippen LogP contribution in [0.5, 0.6) is 0 Å². The van der Waals surface area contributed by atoms with Crippen molar-refractivity contribution in [3.8, 4) is 0 Å². The molecular weight excluding hydrogens is 289 g/mol. The summed E-state index contributed by atoms with van der Waals surface area (Å²) < 4.78 is 22.8. The van der Waals surface area contributed by atoms with Gasteiger partial charge in [-0.1, -0.05) is 13.3 Å². The second-order valence-corrected chi connectivity index (χ2v) is 16.9. The van der Waals surface area contributed by atoms with Crippen molar-refractivity contribution < 1.29 is 16.8 Å². The van der Waals surface area contributed by atoms with E-state index in [-0.39, 0.29) is 0 Å². The third-order valence-corrected chi connectivity index (χ3v) is 13.7. The van der Waals surface area contributed by atoms with Crippen LogP contribution in [0, 0.1) is 0 Å². The lowest BCUT2D eigenvalue weighted by molar-refractivity contribution is 0.275. The maximum absolute atomic E-state index is 6.05. The van der Waals surface area contributed by atoms with Crippen LogP contribution in [-0.4, -0.2) is 54.1 Å². The normalized spacial score (nSPS) is 17.2. The van der Waals surface area contributed by atoms with Crippen molar-refractivity contribution in [2.45, 2.75) is 39.0 Å². The van der Waals surface area contributed by atoms with E-state index >= 15 is 0 Å². The van der Waals surface area contributed by atoms with Crippen molar-refractivity contribution in [3.63, 3.8) is 0 Å². The molecule has 0 bridgehead atoms. The molecule has 0 aromatic carbocycles. The summed E-state index contributed by atoms with van der Waals surface area (Å²) in [5, 5.41) is 0. The minimum absolute atomic E-state index is 0.738. The molecule has 0 saturated carbocycles. The highest BCUT2D eigenvalue weighted by molar-refractivity contribution is 6.76. The Balaban J connectivity index is 4.08. The number of rotatable bonds is 9. The van der Waals surface area contributed by atoms with Crippen molar-refractivity contribution in [1.82, 2.24) is 0 Å².